The number of unbranched alkanes of at least 4 members (excludes halogenated alkanes) is 1. The van der Waals surface area contributed by atoms with E-state index in [0.717, 1.165) is 34.5 Å². The van der Waals surface area contributed by atoms with E-state index in [-0.39, 0.29) is 61.7 Å². The summed E-state index contributed by atoms with van der Waals surface area (Å²) < 4.78 is 0. The Morgan fingerprint density at radius 1 is 0.716 bits per heavy atom. The molecule has 0 spiro atoms. The van der Waals surface area contributed by atoms with Gasteiger partial charge in [-0.25, -0.2) is 4.79 Å². The van der Waals surface area contributed by atoms with Gasteiger partial charge in [-0.3, -0.25) is 52.7 Å². The number of aliphatic carboxylic acids is 1. The quantitative estimate of drug-likeness (QED) is 0.0132. The number of carbonyl (C=O) groups excluding carboxylic acids is 11. The lowest BCUT2D eigenvalue weighted by molar-refractivity contribution is -0.144. The van der Waals surface area contributed by atoms with E-state index in [1.807, 2.05) is 23.5 Å². The number of phenolic OH excluding ortho intramolecular Hbond substituents is 1. The molecule has 1 saturated heterocycles. The number of fused-ring (bicyclic) bond motifs is 1. The van der Waals surface area contributed by atoms with Crippen molar-refractivity contribution in [3.05, 3.63) is 95.7 Å². The number of nitrogens with one attached hydrogen (secondary N) is 11. The lowest BCUT2D eigenvalue weighted by Gasteiger charge is -2.31. The van der Waals surface area contributed by atoms with Crippen LogP contribution < -0.4 is 70.4 Å². The van der Waals surface area contributed by atoms with Crippen LogP contribution in [0.1, 0.15) is 56.4 Å². The minimum absolute atomic E-state index is 0.0242. The van der Waals surface area contributed by atoms with Gasteiger partial charge in [0.15, 0.2) is 0 Å². The van der Waals surface area contributed by atoms with Crippen LogP contribution in [0.5, 0.6) is 5.75 Å². The van der Waals surface area contributed by atoms with Gasteiger partial charge in [0.05, 0.1) is 31.1 Å². The summed E-state index contributed by atoms with van der Waals surface area (Å²) in [6.45, 7) is 0.346. The zero-order valence-electron chi connectivity index (χ0n) is 52.5. The van der Waals surface area contributed by atoms with E-state index in [9.17, 15) is 83.1 Å². The van der Waals surface area contributed by atoms with Crippen LogP contribution in [-0.4, -0.2) is 230 Å². The number of aliphatic hydroxyl groups excluding tert-OH is 3. The number of nitrogens with zero attached hydrogens (tertiary/aromatic N) is 1. The van der Waals surface area contributed by atoms with Crippen molar-refractivity contribution in [2.45, 2.75) is 131 Å². The SMILES string of the molecule is CC(O)C1NC(=O)C(CCCCN)NC(=O)C(Cc2cc3ccccc3[nH]2)NC(=O)C(Cc2ccc(O)cc2)NC(=O)C(CCSCC(=O)NCC(N)C(=O)NC(Cc2ccc(N)cc2)C(=O)NC(CS)C(=O)NC(C(=O)NC(CO)C(=O)O)C(C)O)N(C)C(=O)CNC1=O. The number of nitrogen functional groups attached to an aromatic ring is 1. The molecule has 4 aromatic rings. The molecule has 1 fully saturated rings. The number of anilines is 1. The fraction of sp³-hybridized carbons (Fsp3) is 0.475. The first kappa shape index (κ1) is 76.7. The van der Waals surface area contributed by atoms with Gasteiger partial charge < -0.3 is 106 Å². The minimum atomic E-state index is -1.77. The fourth-order valence-corrected chi connectivity index (χ4v) is 10.8. The van der Waals surface area contributed by atoms with Crippen LogP contribution in [0.4, 0.5) is 5.69 Å². The minimum Gasteiger partial charge on any atom is -0.508 e. The number of carboxylic acids is 1. The Morgan fingerprint density at radius 3 is 1.94 bits per heavy atom. The van der Waals surface area contributed by atoms with Crippen LogP contribution in [0.3, 0.4) is 0 Å². The van der Waals surface area contributed by atoms with Crippen LogP contribution >= 0.6 is 24.4 Å². The third-order valence-corrected chi connectivity index (χ3v) is 16.6. The van der Waals surface area contributed by atoms with Crippen LogP contribution in [0.25, 0.3) is 10.9 Å². The Balaban J connectivity index is 1.33. The van der Waals surface area contributed by atoms with Crippen molar-refractivity contribution in [1.82, 2.24) is 63.1 Å². The number of nitrogens with two attached hydrogens (primary N) is 3. The average Bonchev–Trinajstić information content (AvgIpc) is 1.82. The Kier molecular flexibility index (Phi) is 30.4. The molecule has 0 bridgehead atoms. The molecule has 1 aromatic heterocycles. The molecule has 34 heteroatoms. The highest BCUT2D eigenvalue weighted by Gasteiger charge is 2.38. The molecular formula is C61H85N15O17S2. The third-order valence-electron chi connectivity index (χ3n) is 15.2. The maximum Gasteiger partial charge on any atom is 0.328 e. The van der Waals surface area contributed by atoms with Gasteiger partial charge in [-0.2, -0.15) is 24.4 Å². The summed E-state index contributed by atoms with van der Waals surface area (Å²) in [5.41, 5.74) is 20.4. The summed E-state index contributed by atoms with van der Waals surface area (Å²) in [7, 11) is 1.26. The van der Waals surface area contributed by atoms with Crippen molar-refractivity contribution >= 4 is 112 Å². The molecule has 12 atom stereocenters. The molecule has 22 N–H and O–H groups in total. The lowest BCUT2D eigenvalue weighted by atomic mass is 10.0. The summed E-state index contributed by atoms with van der Waals surface area (Å²) in [6, 6.07) is 5.67. The van der Waals surface area contributed by atoms with Crippen LogP contribution in [0, 0.1) is 0 Å². The first-order valence-corrected chi connectivity index (χ1v) is 32.2. The Labute approximate surface area is 556 Å². The van der Waals surface area contributed by atoms with Crippen molar-refractivity contribution in [2.24, 2.45) is 11.5 Å². The van der Waals surface area contributed by atoms with Crippen molar-refractivity contribution in [1.29, 1.82) is 0 Å². The Bertz CT molecular complexity index is 3290. The molecular weight excluding hydrogens is 1280 g/mol. The standard InChI is InChI=1S/C61H85N15O17S2/c1-31(78)50-59(90)66-27-49(82)76(3)47(58(89)71-43(23-34-13-17-38(80)18-14-34)54(85)70-44(25-37-24-35-8-4-5-9-40(35)67-37)56(87)68-41(53(84)74-50)10-6-7-20-62)19-21-95-30-48(81)65-26-39(64)52(83)69-42(22-33-11-15-36(63)16-12-33)55(86)73-46(29-94)57(88)75-51(32(2)79)60(91)72-45(28-77)61(92)93/h4-5,8-9,11-18,24,31-32,39,41-47,50-51,67,77-80,94H,6-7,10,19-23,25-30,62-64H2,1-3H3,(H,65,81)(H,66,90)(H,68,87)(H,69,83)(H,70,85)(H,71,89)(H,72,91)(H,73,86)(H,74,84)(H,75,88)(H,92,93). The smallest absolute Gasteiger partial charge is 0.328 e. The number of hydrogen-bond acceptors (Lipinski definition) is 21. The van der Waals surface area contributed by atoms with Crippen molar-refractivity contribution in [2.75, 3.05) is 56.3 Å². The Morgan fingerprint density at radius 2 is 1.32 bits per heavy atom. The van der Waals surface area contributed by atoms with E-state index >= 15 is 0 Å². The third kappa shape index (κ3) is 24.0. The number of likely N-dealkylation sites (N-methyl/N-ethyl adjacent to an activating group) is 1. The number of rotatable bonds is 30. The highest BCUT2D eigenvalue weighted by molar-refractivity contribution is 7.99. The highest BCUT2D eigenvalue weighted by atomic mass is 32.2. The summed E-state index contributed by atoms with van der Waals surface area (Å²) in [5, 5.41) is 75.3. The average molecular weight is 1360 g/mol. The second-order valence-electron chi connectivity index (χ2n) is 22.7. The van der Waals surface area contributed by atoms with E-state index in [1.54, 1.807) is 24.3 Å². The summed E-state index contributed by atoms with van der Waals surface area (Å²) in [6.07, 6.45) is -3.09. The molecule has 95 heavy (non-hydrogen) atoms. The van der Waals surface area contributed by atoms with Gasteiger partial charge in [-0.15, -0.1) is 0 Å². The number of carboxylic acid groups (broad SMARTS) is 1. The number of aromatic amines is 1. The van der Waals surface area contributed by atoms with E-state index in [0.29, 0.717) is 35.3 Å². The zero-order valence-corrected chi connectivity index (χ0v) is 54.2. The number of aliphatic hydroxyl groups is 3. The van der Waals surface area contributed by atoms with E-state index < -0.39 is 163 Å². The molecule has 12 unspecified atom stereocenters. The molecule has 1 aliphatic rings. The number of thioether (sulfide) groups is 1. The van der Waals surface area contributed by atoms with Crippen LogP contribution in [0.15, 0.2) is 78.9 Å². The molecule has 5 rings (SSSR count). The van der Waals surface area contributed by atoms with Gasteiger partial charge in [-0.05, 0) is 105 Å². The first-order valence-electron chi connectivity index (χ1n) is 30.4. The molecule has 0 saturated carbocycles. The molecule has 11 amide bonds. The van der Waals surface area contributed by atoms with Crippen molar-refractivity contribution < 1.29 is 83.1 Å². The largest absolute Gasteiger partial charge is 0.508 e. The van der Waals surface area contributed by atoms with Crippen molar-refractivity contribution in [3.63, 3.8) is 0 Å². The normalized spacial score (nSPS) is 19.8. The number of amides is 11. The molecule has 0 radical (unpaired) electrons. The molecule has 0 aliphatic carbocycles. The van der Waals surface area contributed by atoms with E-state index in [2.05, 4.69) is 65.5 Å². The zero-order chi connectivity index (χ0) is 70.1. The predicted octanol–water partition coefficient (Wildman–Crippen LogP) is -5.22. The van der Waals surface area contributed by atoms with Gasteiger partial charge in [-0.1, -0.05) is 42.5 Å². The van der Waals surface area contributed by atoms with Crippen molar-refractivity contribution in [3.8, 4) is 5.75 Å². The maximum absolute atomic E-state index is 14.8. The van der Waals surface area contributed by atoms with Gasteiger partial charge in [0, 0.05) is 55.5 Å². The number of thiol groups is 1. The molecule has 2 heterocycles. The number of para-hydroxylation sites is 1. The monoisotopic (exact) mass is 1360 g/mol. The lowest BCUT2D eigenvalue weighted by Crippen LogP contribution is -2.62. The second kappa shape index (κ2) is 37.7. The number of hydrogen-bond donors (Lipinski definition) is 20. The topological polar surface area (TPSA) is 523 Å². The van der Waals surface area contributed by atoms with Crippen LogP contribution in [-0.2, 0) is 76.8 Å². The molecule has 518 valence electrons. The molecule has 1 aliphatic heterocycles. The molecule has 32 nitrogen and oxygen atoms in total. The number of carbonyl (C=O) groups is 12. The van der Waals surface area contributed by atoms with Gasteiger partial charge in [0.2, 0.25) is 65.0 Å². The summed E-state index contributed by atoms with van der Waals surface area (Å²) in [4.78, 5) is 169. The van der Waals surface area contributed by atoms with Gasteiger partial charge >= 0.3 is 5.97 Å². The number of aromatic hydroxyl groups is 1. The van der Waals surface area contributed by atoms with Gasteiger partial charge in [0.1, 0.15) is 66.2 Å². The number of H-pyrrole nitrogens is 1. The predicted molar refractivity (Wildman–Crippen MR) is 351 cm³/mol. The maximum atomic E-state index is 14.8. The van der Waals surface area contributed by atoms with Crippen LogP contribution in [0.2, 0.25) is 0 Å². The van der Waals surface area contributed by atoms with Gasteiger partial charge in [0.25, 0.3) is 0 Å². The first-order chi connectivity index (χ1) is 45.1. The summed E-state index contributed by atoms with van der Waals surface area (Å²) in [5.74, 6) is -12.4. The number of aromatic nitrogens is 1. The number of phenols is 1. The van der Waals surface area contributed by atoms with E-state index in [4.69, 9.17) is 17.2 Å². The number of benzene rings is 3. The summed E-state index contributed by atoms with van der Waals surface area (Å²) >= 11 is 5.14. The highest BCUT2D eigenvalue weighted by Crippen LogP contribution is 2.19. The fourth-order valence-electron chi connectivity index (χ4n) is 9.73. The van der Waals surface area contributed by atoms with E-state index in [1.165, 1.54) is 50.4 Å². The Hall–Kier alpha value is -9.06. The molecule has 3 aromatic carbocycles. The second-order valence-corrected chi connectivity index (χ2v) is 24.2.